The zero-order chi connectivity index (χ0) is 17.1. The summed E-state index contributed by atoms with van der Waals surface area (Å²) in [6, 6.07) is 16.5. The summed E-state index contributed by atoms with van der Waals surface area (Å²) in [4.78, 5) is 5.63. The van der Waals surface area contributed by atoms with Crippen LogP contribution in [0.1, 0.15) is 31.0 Å². The van der Waals surface area contributed by atoms with Crippen molar-refractivity contribution in [3.8, 4) is 0 Å². The fraction of sp³-hybridized carbons (Fsp3) is 0.300. The van der Waals surface area contributed by atoms with Crippen LogP contribution < -0.4 is 4.90 Å². The summed E-state index contributed by atoms with van der Waals surface area (Å²) in [7, 11) is 0. The van der Waals surface area contributed by atoms with Gasteiger partial charge >= 0.3 is 0 Å². The van der Waals surface area contributed by atoms with Crippen molar-refractivity contribution < 1.29 is 5.11 Å². The molecule has 3 aromatic rings. The summed E-state index contributed by atoms with van der Waals surface area (Å²) >= 11 is 6.07. The summed E-state index contributed by atoms with van der Waals surface area (Å²) in [5, 5.41) is 11.3. The van der Waals surface area contributed by atoms with Crippen molar-refractivity contribution >= 4 is 28.2 Å². The van der Waals surface area contributed by atoms with Gasteiger partial charge in [0.1, 0.15) is 0 Å². The fourth-order valence-corrected chi connectivity index (χ4v) is 3.14. The molecule has 24 heavy (non-hydrogen) atoms. The van der Waals surface area contributed by atoms with Gasteiger partial charge in [0.25, 0.3) is 0 Å². The molecule has 3 nitrogen and oxygen atoms in total. The third kappa shape index (κ3) is 3.74. The van der Waals surface area contributed by atoms with Gasteiger partial charge in [-0.05, 0) is 47.9 Å². The Balaban J connectivity index is 1.88. The number of aromatic nitrogens is 1. The number of halogens is 1. The smallest absolute Gasteiger partial charge is 0.0606 e. The topological polar surface area (TPSA) is 39.3 Å². The van der Waals surface area contributed by atoms with Crippen molar-refractivity contribution in [2.45, 2.75) is 26.3 Å². The normalized spacial score (nSPS) is 11.4. The lowest BCUT2D eigenvalue weighted by Crippen LogP contribution is -2.26. The van der Waals surface area contributed by atoms with Crippen LogP contribution in [0.15, 0.2) is 48.5 Å². The number of H-pyrrole nitrogens is 1. The van der Waals surface area contributed by atoms with E-state index in [0.29, 0.717) is 19.0 Å². The first-order chi connectivity index (χ1) is 11.6. The second-order valence-corrected chi connectivity index (χ2v) is 6.86. The van der Waals surface area contributed by atoms with E-state index < -0.39 is 0 Å². The predicted molar refractivity (Wildman–Crippen MR) is 102 cm³/mol. The van der Waals surface area contributed by atoms with Gasteiger partial charge in [0.2, 0.25) is 0 Å². The van der Waals surface area contributed by atoms with Crippen LogP contribution in [-0.2, 0) is 6.54 Å². The molecule has 126 valence electrons. The first kappa shape index (κ1) is 16.9. The molecule has 4 heteroatoms. The lowest BCUT2D eigenvalue weighted by atomic mass is 10.0. The molecule has 0 fully saturated rings. The number of nitrogens with one attached hydrogen (secondary N) is 1. The molecule has 2 N–H and O–H groups in total. The van der Waals surface area contributed by atoms with E-state index >= 15 is 0 Å². The lowest BCUT2D eigenvalue weighted by molar-refractivity contribution is 0.301. The van der Waals surface area contributed by atoms with Crippen LogP contribution in [0.5, 0.6) is 0 Å². The minimum atomic E-state index is 0.123. The minimum absolute atomic E-state index is 0.123. The SMILES string of the molecule is CC(C)c1cccc(N(CCO)Cc2cc3cc(Cl)ccc3[nH]2)c1. The zero-order valence-electron chi connectivity index (χ0n) is 14.1. The van der Waals surface area contributed by atoms with E-state index in [-0.39, 0.29) is 6.61 Å². The van der Waals surface area contributed by atoms with E-state index in [1.165, 1.54) is 5.56 Å². The number of aromatic amines is 1. The molecule has 3 rings (SSSR count). The largest absolute Gasteiger partial charge is 0.395 e. The molecule has 1 heterocycles. The Kier molecular flexibility index (Phi) is 5.12. The highest BCUT2D eigenvalue weighted by Gasteiger charge is 2.11. The number of aliphatic hydroxyl groups excluding tert-OH is 1. The Labute approximate surface area is 147 Å². The van der Waals surface area contributed by atoms with Crippen LogP contribution in [-0.4, -0.2) is 23.2 Å². The third-order valence-electron chi connectivity index (χ3n) is 4.27. The molecule has 0 atom stereocenters. The molecule has 2 aromatic carbocycles. The van der Waals surface area contributed by atoms with Gasteiger partial charge in [-0.2, -0.15) is 0 Å². The molecular formula is C20H23ClN2O. The van der Waals surface area contributed by atoms with Crippen molar-refractivity contribution in [3.05, 3.63) is 64.8 Å². The maximum Gasteiger partial charge on any atom is 0.0606 e. The number of fused-ring (bicyclic) bond motifs is 1. The lowest BCUT2D eigenvalue weighted by Gasteiger charge is -2.24. The molecule has 0 spiro atoms. The molecule has 0 unspecified atom stereocenters. The second-order valence-electron chi connectivity index (χ2n) is 6.42. The van der Waals surface area contributed by atoms with Crippen LogP contribution >= 0.6 is 11.6 Å². The number of aliphatic hydroxyl groups is 1. The van der Waals surface area contributed by atoms with Crippen molar-refractivity contribution in [1.29, 1.82) is 0 Å². The minimum Gasteiger partial charge on any atom is -0.395 e. The van der Waals surface area contributed by atoms with Gasteiger partial charge in [0.05, 0.1) is 13.2 Å². The average molecular weight is 343 g/mol. The summed E-state index contributed by atoms with van der Waals surface area (Å²) in [5.41, 5.74) is 4.62. The van der Waals surface area contributed by atoms with Gasteiger partial charge < -0.3 is 15.0 Å². The number of hydrogen-bond donors (Lipinski definition) is 2. The summed E-state index contributed by atoms with van der Waals surface area (Å²) < 4.78 is 0. The van der Waals surface area contributed by atoms with E-state index in [1.807, 2.05) is 18.2 Å². The monoisotopic (exact) mass is 342 g/mol. The van der Waals surface area contributed by atoms with Crippen LogP contribution in [0.2, 0.25) is 5.02 Å². The van der Waals surface area contributed by atoms with Crippen molar-refractivity contribution in [1.82, 2.24) is 4.98 Å². The Hall–Kier alpha value is -1.97. The molecule has 0 radical (unpaired) electrons. The number of benzene rings is 2. The third-order valence-corrected chi connectivity index (χ3v) is 4.51. The molecule has 1 aromatic heterocycles. The number of anilines is 1. The first-order valence-electron chi connectivity index (χ1n) is 8.29. The maximum atomic E-state index is 9.46. The number of hydrogen-bond acceptors (Lipinski definition) is 2. The van der Waals surface area contributed by atoms with Gasteiger partial charge in [0, 0.05) is 33.9 Å². The fourth-order valence-electron chi connectivity index (χ4n) is 2.96. The Bertz CT molecular complexity index is 825. The molecular weight excluding hydrogens is 320 g/mol. The highest BCUT2D eigenvalue weighted by Crippen LogP contribution is 2.25. The van der Waals surface area contributed by atoms with Gasteiger partial charge in [0.15, 0.2) is 0 Å². The van der Waals surface area contributed by atoms with E-state index in [0.717, 1.165) is 27.3 Å². The van der Waals surface area contributed by atoms with E-state index in [1.54, 1.807) is 0 Å². The van der Waals surface area contributed by atoms with Crippen LogP contribution in [0.25, 0.3) is 10.9 Å². The van der Waals surface area contributed by atoms with Gasteiger partial charge in [-0.3, -0.25) is 0 Å². The van der Waals surface area contributed by atoms with E-state index in [4.69, 9.17) is 11.6 Å². The van der Waals surface area contributed by atoms with Gasteiger partial charge in [-0.15, -0.1) is 0 Å². The van der Waals surface area contributed by atoms with Crippen LogP contribution in [0.3, 0.4) is 0 Å². The maximum absolute atomic E-state index is 9.46. The standard InChI is InChI=1S/C20H23ClN2O/c1-14(2)15-4-3-5-19(12-15)23(8-9-24)13-18-11-16-10-17(21)6-7-20(16)22-18/h3-7,10-12,14,22,24H,8-9,13H2,1-2H3. The predicted octanol–water partition coefficient (Wildman–Crippen LogP) is 4.94. The van der Waals surface area contributed by atoms with E-state index in [9.17, 15) is 5.11 Å². The molecule has 0 amide bonds. The van der Waals surface area contributed by atoms with Crippen molar-refractivity contribution in [2.24, 2.45) is 0 Å². The van der Waals surface area contributed by atoms with Gasteiger partial charge in [-0.25, -0.2) is 0 Å². The quantitative estimate of drug-likeness (QED) is 0.665. The molecule has 0 aliphatic carbocycles. The molecule has 0 saturated carbocycles. The Morgan fingerprint density at radius 1 is 1.12 bits per heavy atom. The number of rotatable bonds is 6. The van der Waals surface area contributed by atoms with Crippen molar-refractivity contribution in [3.63, 3.8) is 0 Å². The van der Waals surface area contributed by atoms with Gasteiger partial charge in [-0.1, -0.05) is 37.6 Å². The second kappa shape index (κ2) is 7.29. The molecule has 0 saturated heterocycles. The van der Waals surface area contributed by atoms with Crippen LogP contribution in [0.4, 0.5) is 5.69 Å². The Morgan fingerprint density at radius 3 is 2.71 bits per heavy atom. The molecule has 0 aliphatic heterocycles. The highest BCUT2D eigenvalue weighted by molar-refractivity contribution is 6.31. The zero-order valence-corrected chi connectivity index (χ0v) is 14.8. The highest BCUT2D eigenvalue weighted by atomic mass is 35.5. The summed E-state index contributed by atoms with van der Waals surface area (Å²) in [6.07, 6.45) is 0. The summed E-state index contributed by atoms with van der Waals surface area (Å²) in [5.74, 6) is 0.483. The summed E-state index contributed by atoms with van der Waals surface area (Å²) in [6.45, 7) is 5.82. The molecule has 0 aliphatic rings. The van der Waals surface area contributed by atoms with Crippen LogP contribution in [0, 0.1) is 0 Å². The average Bonchev–Trinajstić information content (AvgIpc) is 2.96. The van der Waals surface area contributed by atoms with E-state index in [2.05, 4.69) is 54.1 Å². The van der Waals surface area contributed by atoms with Crippen molar-refractivity contribution in [2.75, 3.05) is 18.1 Å². The Morgan fingerprint density at radius 2 is 1.96 bits per heavy atom. The first-order valence-corrected chi connectivity index (χ1v) is 8.67. The molecule has 0 bridgehead atoms. The number of nitrogens with zero attached hydrogens (tertiary/aromatic N) is 1.